The van der Waals surface area contributed by atoms with Gasteiger partial charge in [0.15, 0.2) is 0 Å². The summed E-state index contributed by atoms with van der Waals surface area (Å²) in [5.41, 5.74) is 1.02. The minimum atomic E-state index is -4.12. The first kappa shape index (κ1) is 26.7. The van der Waals surface area contributed by atoms with Crippen molar-refractivity contribution in [1.82, 2.24) is 30.2 Å². The first-order valence-electron chi connectivity index (χ1n) is 11.2. The highest BCUT2D eigenvalue weighted by molar-refractivity contribution is 7.90. The lowest BCUT2D eigenvalue weighted by atomic mass is 10.1. The van der Waals surface area contributed by atoms with Crippen molar-refractivity contribution in [1.29, 1.82) is 0 Å². The fourth-order valence-electron chi connectivity index (χ4n) is 3.87. The van der Waals surface area contributed by atoms with Gasteiger partial charge >= 0.3 is 12.0 Å². The van der Waals surface area contributed by atoms with E-state index in [2.05, 4.69) is 20.6 Å². The maximum absolute atomic E-state index is 12.7. The van der Waals surface area contributed by atoms with Gasteiger partial charge < -0.3 is 25.6 Å². The van der Waals surface area contributed by atoms with Crippen LogP contribution < -0.4 is 15.4 Å². The third kappa shape index (κ3) is 6.81. The minimum absolute atomic E-state index is 0.0188. The number of nitrogens with zero attached hydrogens (tertiary/aromatic N) is 2. The van der Waals surface area contributed by atoms with E-state index in [1.807, 2.05) is 4.72 Å². The number of hydrogen-bond acceptors (Lipinski definition) is 7. The number of nitrogens with one attached hydrogen (secondary N) is 4. The monoisotopic (exact) mass is 520 g/mol. The van der Waals surface area contributed by atoms with Crippen LogP contribution in [0.1, 0.15) is 30.5 Å². The van der Waals surface area contributed by atoms with E-state index in [4.69, 9.17) is 0 Å². The standard InChI is InChI=1S/C22H28N6O7S/c1-14-5-2-3-7-18(14)36(34,35)27-22(33)28-10-4-6-17(28)20(30)24-9-8-19(29)26-16(21(31)32)11-15-12-23-13-25-15/h2-3,5,7,12-13,16-17H,4,6,8-11H2,1H3,(H,23,25)(H,24,30)(H,26,29)(H,27,33)(H,31,32)/t16-,17-/m0/s1. The molecule has 2 atom stereocenters. The highest BCUT2D eigenvalue weighted by Crippen LogP contribution is 2.19. The summed E-state index contributed by atoms with van der Waals surface area (Å²) >= 11 is 0. The van der Waals surface area contributed by atoms with Crippen LogP contribution in [0.2, 0.25) is 0 Å². The quantitative estimate of drug-likeness (QED) is 0.287. The number of aliphatic carboxylic acids is 1. The van der Waals surface area contributed by atoms with E-state index in [1.54, 1.807) is 25.1 Å². The van der Waals surface area contributed by atoms with Gasteiger partial charge in [-0.3, -0.25) is 9.59 Å². The molecule has 0 radical (unpaired) electrons. The van der Waals surface area contributed by atoms with E-state index in [-0.39, 0.29) is 30.8 Å². The molecule has 2 aromatic rings. The lowest BCUT2D eigenvalue weighted by Crippen LogP contribution is -2.51. The molecule has 13 nitrogen and oxygen atoms in total. The number of sulfonamides is 1. The summed E-state index contributed by atoms with van der Waals surface area (Å²) in [6.07, 6.45) is 3.53. The van der Waals surface area contributed by atoms with Crippen molar-refractivity contribution in [3.05, 3.63) is 48.0 Å². The van der Waals surface area contributed by atoms with Gasteiger partial charge in [0.1, 0.15) is 12.1 Å². The van der Waals surface area contributed by atoms with Crippen LogP contribution in [0.4, 0.5) is 4.79 Å². The van der Waals surface area contributed by atoms with Crippen LogP contribution >= 0.6 is 0 Å². The number of likely N-dealkylation sites (tertiary alicyclic amines) is 1. The second kappa shape index (κ2) is 11.7. The number of urea groups is 1. The fraction of sp³-hybridized carbons (Fsp3) is 0.409. The van der Waals surface area contributed by atoms with Crippen LogP contribution in [0.3, 0.4) is 0 Å². The van der Waals surface area contributed by atoms with Gasteiger partial charge in [-0.1, -0.05) is 18.2 Å². The highest BCUT2D eigenvalue weighted by atomic mass is 32.2. The maximum atomic E-state index is 12.7. The van der Waals surface area contributed by atoms with Gasteiger partial charge in [-0.25, -0.2) is 27.7 Å². The summed E-state index contributed by atoms with van der Waals surface area (Å²) in [6, 6.07) is 3.25. The highest BCUT2D eigenvalue weighted by Gasteiger charge is 2.36. The first-order valence-corrected chi connectivity index (χ1v) is 12.7. The van der Waals surface area contributed by atoms with Gasteiger partial charge in [-0.2, -0.15) is 0 Å². The van der Waals surface area contributed by atoms with Crippen molar-refractivity contribution in [3.63, 3.8) is 0 Å². The van der Waals surface area contributed by atoms with Crippen LogP contribution in [0.15, 0.2) is 41.7 Å². The number of rotatable bonds is 10. The molecule has 1 aliphatic heterocycles. The van der Waals surface area contributed by atoms with Crippen LogP contribution in [-0.4, -0.2) is 77.4 Å². The number of carboxylic acid groups (broad SMARTS) is 1. The Morgan fingerprint density at radius 2 is 2.00 bits per heavy atom. The van der Waals surface area contributed by atoms with Gasteiger partial charge in [0, 0.05) is 37.8 Å². The van der Waals surface area contributed by atoms with Crippen molar-refractivity contribution in [3.8, 4) is 0 Å². The Morgan fingerprint density at radius 3 is 2.67 bits per heavy atom. The van der Waals surface area contributed by atoms with Crippen LogP contribution in [0.25, 0.3) is 0 Å². The van der Waals surface area contributed by atoms with Crippen LogP contribution in [0.5, 0.6) is 0 Å². The number of carbonyl (C=O) groups excluding carboxylic acids is 3. The summed E-state index contributed by atoms with van der Waals surface area (Å²) in [5.74, 6) is -2.32. The second-order valence-corrected chi connectivity index (χ2v) is 9.96. The molecule has 4 amide bonds. The molecule has 0 aliphatic carbocycles. The summed E-state index contributed by atoms with van der Waals surface area (Å²) in [7, 11) is -4.12. The van der Waals surface area contributed by atoms with Crippen LogP contribution in [0, 0.1) is 6.92 Å². The average molecular weight is 521 g/mol. The number of carbonyl (C=O) groups is 4. The first-order chi connectivity index (χ1) is 17.1. The van der Waals surface area contributed by atoms with Crippen molar-refractivity contribution in [2.45, 2.75) is 49.6 Å². The molecule has 0 spiro atoms. The molecule has 0 saturated carbocycles. The second-order valence-electron chi connectivity index (χ2n) is 8.31. The van der Waals surface area contributed by atoms with Gasteiger partial charge in [0.25, 0.3) is 10.0 Å². The number of H-pyrrole nitrogens is 1. The Hall–Kier alpha value is -3.94. The minimum Gasteiger partial charge on any atom is -0.480 e. The summed E-state index contributed by atoms with van der Waals surface area (Å²) in [5, 5.41) is 14.3. The molecular formula is C22H28N6O7S. The lowest BCUT2D eigenvalue weighted by molar-refractivity contribution is -0.141. The van der Waals surface area contributed by atoms with Gasteiger partial charge in [0.05, 0.1) is 11.2 Å². The molecule has 5 N–H and O–H groups in total. The summed E-state index contributed by atoms with van der Waals surface area (Å²) in [4.78, 5) is 56.6. The Balaban J connectivity index is 1.50. The fourth-order valence-corrected chi connectivity index (χ4v) is 5.08. The Bertz CT molecular complexity index is 1220. The molecule has 0 bridgehead atoms. The van der Waals surface area contributed by atoms with E-state index < -0.39 is 45.9 Å². The van der Waals surface area contributed by atoms with Crippen molar-refractivity contribution in [2.75, 3.05) is 13.1 Å². The maximum Gasteiger partial charge on any atom is 0.331 e. The van der Waals surface area contributed by atoms with Crippen molar-refractivity contribution < 1.29 is 32.7 Å². The molecule has 2 heterocycles. The molecule has 1 aromatic carbocycles. The SMILES string of the molecule is Cc1ccccc1S(=O)(=O)NC(=O)N1CCC[C@H]1C(=O)NCCC(=O)N[C@@H](Cc1cnc[nH]1)C(=O)O. The molecular weight excluding hydrogens is 492 g/mol. The van der Waals surface area contributed by atoms with Crippen LogP contribution in [-0.2, 0) is 30.8 Å². The topological polar surface area (TPSA) is 191 Å². The van der Waals surface area contributed by atoms with E-state index in [9.17, 15) is 32.7 Å². The number of aromatic amines is 1. The summed E-state index contributed by atoms with van der Waals surface area (Å²) in [6.45, 7) is 1.72. The average Bonchev–Trinajstić information content (AvgIpc) is 3.50. The number of benzene rings is 1. The zero-order valence-corrected chi connectivity index (χ0v) is 20.4. The number of amides is 4. The molecule has 0 unspecified atom stereocenters. The smallest absolute Gasteiger partial charge is 0.331 e. The Labute approximate surface area is 207 Å². The zero-order chi connectivity index (χ0) is 26.3. The largest absolute Gasteiger partial charge is 0.480 e. The normalized spacial score (nSPS) is 16.2. The van der Waals surface area contributed by atoms with Gasteiger partial charge in [0.2, 0.25) is 11.8 Å². The Kier molecular flexibility index (Phi) is 8.64. The number of hydrogen-bond donors (Lipinski definition) is 5. The number of aromatic nitrogens is 2. The third-order valence-electron chi connectivity index (χ3n) is 5.68. The Morgan fingerprint density at radius 1 is 1.25 bits per heavy atom. The zero-order valence-electron chi connectivity index (χ0n) is 19.6. The molecule has 1 saturated heterocycles. The molecule has 3 rings (SSSR count). The number of imidazole rings is 1. The molecule has 194 valence electrons. The third-order valence-corrected chi connectivity index (χ3v) is 7.17. The molecule has 14 heteroatoms. The van der Waals surface area contributed by atoms with Crippen molar-refractivity contribution in [2.24, 2.45) is 0 Å². The van der Waals surface area contributed by atoms with E-state index in [1.165, 1.54) is 18.6 Å². The predicted octanol–water partition coefficient (Wildman–Crippen LogP) is -0.101. The molecule has 1 aliphatic rings. The van der Waals surface area contributed by atoms with Gasteiger partial charge in [-0.05, 0) is 31.4 Å². The van der Waals surface area contributed by atoms with E-state index >= 15 is 0 Å². The van der Waals surface area contributed by atoms with Gasteiger partial charge in [-0.15, -0.1) is 0 Å². The van der Waals surface area contributed by atoms with E-state index in [0.717, 1.165) is 4.90 Å². The predicted molar refractivity (Wildman–Crippen MR) is 126 cm³/mol. The summed E-state index contributed by atoms with van der Waals surface area (Å²) < 4.78 is 27.3. The molecule has 36 heavy (non-hydrogen) atoms. The molecule has 1 fully saturated rings. The molecule has 1 aromatic heterocycles. The number of aryl methyl sites for hydroxylation is 1. The van der Waals surface area contributed by atoms with E-state index in [0.29, 0.717) is 24.1 Å². The van der Waals surface area contributed by atoms with Crippen molar-refractivity contribution >= 4 is 33.8 Å². The lowest BCUT2D eigenvalue weighted by Gasteiger charge is -2.24. The number of carboxylic acids is 1.